The van der Waals surface area contributed by atoms with Crippen molar-refractivity contribution < 1.29 is 33.0 Å². The van der Waals surface area contributed by atoms with E-state index in [1.54, 1.807) is 18.6 Å². The van der Waals surface area contributed by atoms with Crippen LogP contribution in [0.3, 0.4) is 0 Å². The van der Waals surface area contributed by atoms with Gasteiger partial charge in [-0.3, -0.25) is 14.4 Å². The van der Waals surface area contributed by atoms with E-state index in [0.29, 0.717) is 0 Å². The molecule has 2 saturated heterocycles. The van der Waals surface area contributed by atoms with Crippen molar-refractivity contribution in [1.82, 2.24) is 0 Å². The average Bonchev–Trinajstić information content (AvgIpc) is 3.54. The SMILES string of the molecule is COC(=O)CC1[C@]2(C)C3=C(C)C(c4ccoc4)C[C@H]3O[C@@H]2[C@@H]2OC(=O)[C@]3(C)C=CC(=O)[C@@]1(C)[C@@H]23. The summed E-state index contributed by atoms with van der Waals surface area (Å²) in [6, 6.07) is 1.97. The van der Waals surface area contributed by atoms with Crippen LogP contribution in [-0.2, 0) is 28.6 Å². The highest BCUT2D eigenvalue weighted by Gasteiger charge is 2.77. The maximum atomic E-state index is 13.7. The predicted octanol–water partition coefficient (Wildman–Crippen LogP) is 3.74. The third-order valence-corrected chi connectivity index (χ3v) is 9.91. The van der Waals surface area contributed by atoms with Gasteiger partial charge in [-0.2, -0.15) is 0 Å². The number of furan rings is 1. The topological polar surface area (TPSA) is 92.0 Å². The van der Waals surface area contributed by atoms with Crippen LogP contribution in [0.15, 0.2) is 46.3 Å². The van der Waals surface area contributed by atoms with Gasteiger partial charge in [0.15, 0.2) is 5.78 Å². The number of esters is 2. The van der Waals surface area contributed by atoms with Crippen molar-refractivity contribution in [2.45, 2.75) is 64.8 Å². The van der Waals surface area contributed by atoms with Gasteiger partial charge in [0.05, 0.1) is 37.6 Å². The maximum absolute atomic E-state index is 13.7. The molecule has 0 bridgehead atoms. The summed E-state index contributed by atoms with van der Waals surface area (Å²) >= 11 is 0. The molecule has 3 aliphatic carbocycles. The Morgan fingerprint density at radius 1 is 1.21 bits per heavy atom. The minimum absolute atomic E-state index is 0.0658. The van der Waals surface area contributed by atoms with Crippen molar-refractivity contribution in [1.29, 1.82) is 0 Å². The molecule has 0 spiro atoms. The Bertz CT molecular complexity index is 1160. The smallest absolute Gasteiger partial charge is 0.316 e. The summed E-state index contributed by atoms with van der Waals surface area (Å²) in [5.74, 6) is -1.46. The largest absolute Gasteiger partial charge is 0.472 e. The molecule has 1 aromatic rings. The third-order valence-electron chi connectivity index (χ3n) is 9.91. The number of ketones is 1. The van der Waals surface area contributed by atoms with Gasteiger partial charge < -0.3 is 18.6 Å². The van der Waals surface area contributed by atoms with E-state index in [9.17, 15) is 14.4 Å². The minimum Gasteiger partial charge on any atom is -0.472 e. The fraction of sp³-hybridized carbons (Fsp3) is 0.593. The van der Waals surface area contributed by atoms with Gasteiger partial charge in [-0.05, 0) is 49.5 Å². The molecule has 1 saturated carbocycles. The van der Waals surface area contributed by atoms with Crippen LogP contribution in [0.1, 0.15) is 52.0 Å². The monoisotopic (exact) mass is 466 g/mol. The van der Waals surface area contributed by atoms with Crippen LogP contribution in [0.25, 0.3) is 0 Å². The van der Waals surface area contributed by atoms with Gasteiger partial charge in [0.25, 0.3) is 0 Å². The molecule has 3 fully saturated rings. The average molecular weight is 467 g/mol. The van der Waals surface area contributed by atoms with Crippen LogP contribution in [0.4, 0.5) is 0 Å². The molecule has 2 aliphatic heterocycles. The lowest BCUT2D eigenvalue weighted by atomic mass is 9.42. The van der Waals surface area contributed by atoms with Crippen molar-refractivity contribution >= 4 is 17.7 Å². The lowest BCUT2D eigenvalue weighted by Crippen LogP contribution is -2.66. The second-order valence-electron chi connectivity index (χ2n) is 11.2. The second kappa shape index (κ2) is 6.72. The number of fused-ring (bicyclic) bond motifs is 4. The summed E-state index contributed by atoms with van der Waals surface area (Å²) in [6.45, 7) is 7.96. The molecule has 3 heterocycles. The van der Waals surface area contributed by atoms with E-state index >= 15 is 0 Å². The summed E-state index contributed by atoms with van der Waals surface area (Å²) in [5.41, 5.74) is 0.794. The fourth-order valence-electron chi connectivity index (χ4n) is 8.41. The van der Waals surface area contributed by atoms with Gasteiger partial charge in [-0.25, -0.2) is 0 Å². The molecule has 5 aliphatic rings. The van der Waals surface area contributed by atoms with Crippen molar-refractivity contribution in [3.8, 4) is 0 Å². The Kier molecular flexibility index (Phi) is 4.31. The molecule has 2 unspecified atom stereocenters. The molecule has 34 heavy (non-hydrogen) atoms. The first-order chi connectivity index (χ1) is 16.1. The van der Waals surface area contributed by atoms with Gasteiger partial charge >= 0.3 is 11.9 Å². The Labute approximate surface area is 198 Å². The lowest BCUT2D eigenvalue weighted by Gasteiger charge is -2.59. The third kappa shape index (κ3) is 2.34. The first-order valence-electron chi connectivity index (χ1n) is 12.0. The van der Waals surface area contributed by atoms with Gasteiger partial charge in [-0.15, -0.1) is 0 Å². The molecule has 7 heteroatoms. The molecule has 180 valence electrons. The number of rotatable bonds is 3. The number of allylic oxidation sites excluding steroid dienone is 2. The molecule has 0 amide bonds. The summed E-state index contributed by atoms with van der Waals surface area (Å²) in [4.78, 5) is 39.6. The molecule has 9 atom stereocenters. The van der Waals surface area contributed by atoms with E-state index in [-0.39, 0.29) is 36.2 Å². The molecular weight excluding hydrogens is 436 g/mol. The molecule has 0 N–H and O–H groups in total. The van der Waals surface area contributed by atoms with Crippen LogP contribution < -0.4 is 0 Å². The molecule has 7 nitrogen and oxygen atoms in total. The first kappa shape index (κ1) is 21.8. The number of hydrogen-bond donors (Lipinski definition) is 0. The molecule has 0 aromatic carbocycles. The van der Waals surface area contributed by atoms with Crippen molar-refractivity contribution in [3.63, 3.8) is 0 Å². The first-order valence-corrected chi connectivity index (χ1v) is 12.0. The van der Waals surface area contributed by atoms with Crippen LogP contribution in [0, 0.1) is 28.1 Å². The van der Waals surface area contributed by atoms with Gasteiger partial charge in [0.2, 0.25) is 0 Å². The highest BCUT2D eigenvalue weighted by molar-refractivity contribution is 6.00. The minimum atomic E-state index is -0.987. The molecule has 6 rings (SSSR count). The molecule has 1 aromatic heterocycles. The van der Waals surface area contributed by atoms with Crippen LogP contribution in [0.5, 0.6) is 0 Å². The van der Waals surface area contributed by atoms with Crippen LogP contribution in [0.2, 0.25) is 0 Å². The standard InChI is InChI=1S/C27H30O7/c1-13-15(14-7-9-32-12-14)10-16-20(13)27(4)17(11-19(29)31-5)26(3)18(28)6-8-25(2)22(26)21(23(27)33-16)34-24(25)30/h6-9,12,15-17,21-23H,10-11H2,1-5H3/t15?,16-,17?,21-,22+,23-,25-,26+,27-/m1/s1. The Morgan fingerprint density at radius 2 is 1.97 bits per heavy atom. The molecule has 0 radical (unpaired) electrons. The Balaban J connectivity index is 1.58. The van der Waals surface area contributed by atoms with E-state index in [4.69, 9.17) is 18.6 Å². The number of carbonyl (C=O) groups excluding carboxylic acids is 3. The quantitative estimate of drug-likeness (QED) is 0.495. The Morgan fingerprint density at radius 3 is 2.65 bits per heavy atom. The van der Waals surface area contributed by atoms with Crippen LogP contribution >= 0.6 is 0 Å². The van der Waals surface area contributed by atoms with E-state index in [0.717, 1.165) is 17.6 Å². The summed E-state index contributed by atoms with van der Waals surface area (Å²) in [6.07, 6.45) is 6.29. The number of hydrogen-bond acceptors (Lipinski definition) is 7. The van der Waals surface area contributed by atoms with E-state index in [2.05, 4.69) is 13.8 Å². The zero-order valence-corrected chi connectivity index (χ0v) is 20.1. The highest BCUT2D eigenvalue weighted by atomic mass is 16.6. The fourth-order valence-corrected chi connectivity index (χ4v) is 8.41. The summed E-state index contributed by atoms with van der Waals surface area (Å²) in [7, 11) is 1.37. The van der Waals surface area contributed by atoms with Gasteiger partial charge in [0, 0.05) is 22.7 Å². The molecular formula is C27H30O7. The predicted molar refractivity (Wildman–Crippen MR) is 119 cm³/mol. The zero-order chi connectivity index (χ0) is 24.2. The van der Waals surface area contributed by atoms with Gasteiger partial charge in [-0.1, -0.05) is 25.5 Å². The number of carbonyl (C=O) groups is 3. The van der Waals surface area contributed by atoms with E-state index in [1.165, 1.54) is 18.8 Å². The lowest BCUT2D eigenvalue weighted by molar-refractivity contribution is -0.190. The number of ether oxygens (including phenoxy) is 3. The van der Waals surface area contributed by atoms with Crippen molar-refractivity contribution in [2.75, 3.05) is 7.11 Å². The van der Waals surface area contributed by atoms with Crippen molar-refractivity contribution in [3.05, 3.63) is 47.5 Å². The Hall–Kier alpha value is -2.67. The normalized spacial score (nSPS) is 46.3. The summed E-state index contributed by atoms with van der Waals surface area (Å²) < 4.78 is 23.2. The highest BCUT2D eigenvalue weighted by Crippen LogP contribution is 2.72. The van der Waals surface area contributed by atoms with Gasteiger partial charge in [0.1, 0.15) is 12.2 Å². The van der Waals surface area contributed by atoms with Crippen molar-refractivity contribution in [2.24, 2.45) is 28.1 Å². The number of methoxy groups -OCH3 is 1. The van der Waals surface area contributed by atoms with E-state index in [1.807, 2.05) is 19.9 Å². The van der Waals surface area contributed by atoms with Crippen LogP contribution in [-0.4, -0.2) is 43.1 Å². The second-order valence-corrected chi connectivity index (χ2v) is 11.2. The summed E-state index contributed by atoms with van der Waals surface area (Å²) in [5, 5.41) is 0. The maximum Gasteiger partial charge on any atom is 0.316 e. The zero-order valence-electron chi connectivity index (χ0n) is 20.1. The van der Waals surface area contributed by atoms with E-state index < -0.39 is 40.3 Å².